The normalized spacial score (nSPS) is 14.7. The predicted molar refractivity (Wildman–Crippen MR) is 56.6 cm³/mol. The van der Waals surface area contributed by atoms with E-state index in [0.717, 1.165) is 0 Å². The summed E-state index contributed by atoms with van der Waals surface area (Å²) in [5.41, 5.74) is 0.161. The molecule has 0 aliphatic heterocycles. The van der Waals surface area contributed by atoms with Crippen molar-refractivity contribution in [1.29, 1.82) is 0 Å². The van der Waals surface area contributed by atoms with E-state index < -0.39 is 6.43 Å². The summed E-state index contributed by atoms with van der Waals surface area (Å²) in [5.74, 6) is 0. The molecule has 0 bridgehead atoms. The second-order valence-corrected chi connectivity index (χ2v) is 3.23. The topological polar surface area (TPSA) is 12.0 Å². The first-order valence-corrected chi connectivity index (χ1v) is 4.68. The number of hydrogen-bond acceptors (Lipinski definition) is 1. The molecule has 0 amide bonds. The van der Waals surface area contributed by atoms with Gasteiger partial charge in [-0.25, -0.2) is 13.2 Å². The van der Waals surface area contributed by atoms with Crippen LogP contribution in [0.5, 0.6) is 0 Å². The molecule has 0 radical (unpaired) electrons. The molecule has 0 saturated carbocycles. The highest BCUT2D eigenvalue weighted by Gasteiger charge is 2.08. The molecule has 0 aromatic carbocycles. The SMILES string of the molecule is CN/C(=C/F)CC=C/C(Cl)=C(\C)C(F)F. The molecule has 1 N–H and O–H groups in total. The van der Waals surface area contributed by atoms with Crippen LogP contribution in [0.15, 0.2) is 34.8 Å². The van der Waals surface area contributed by atoms with Gasteiger partial charge >= 0.3 is 0 Å². The van der Waals surface area contributed by atoms with E-state index in [1.807, 2.05) is 0 Å². The van der Waals surface area contributed by atoms with E-state index in [2.05, 4.69) is 5.32 Å². The van der Waals surface area contributed by atoms with Crippen LogP contribution in [0.2, 0.25) is 0 Å². The number of alkyl halides is 2. The van der Waals surface area contributed by atoms with Gasteiger partial charge in [-0.2, -0.15) is 0 Å². The van der Waals surface area contributed by atoms with Gasteiger partial charge in [-0.05, 0) is 13.0 Å². The van der Waals surface area contributed by atoms with Crippen LogP contribution in [-0.4, -0.2) is 13.5 Å². The molecule has 0 rings (SSSR count). The molecule has 0 atom stereocenters. The molecule has 5 heteroatoms. The Kier molecular flexibility index (Phi) is 6.96. The van der Waals surface area contributed by atoms with E-state index in [1.54, 1.807) is 7.05 Å². The quantitative estimate of drug-likeness (QED) is 0.721. The van der Waals surface area contributed by atoms with Crippen molar-refractivity contribution in [3.63, 3.8) is 0 Å². The van der Waals surface area contributed by atoms with Crippen molar-refractivity contribution >= 4 is 11.6 Å². The number of nitrogens with one attached hydrogen (secondary N) is 1. The first kappa shape index (κ1) is 14.1. The maximum atomic E-state index is 12.1. The van der Waals surface area contributed by atoms with E-state index in [-0.39, 0.29) is 17.0 Å². The van der Waals surface area contributed by atoms with Crippen LogP contribution in [-0.2, 0) is 0 Å². The average molecular weight is 240 g/mol. The zero-order valence-corrected chi connectivity index (χ0v) is 9.28. The van der Waals surface area contributed by atoms with Gasteiger partial charge in [0.25, 0.3) is 6.43 Å². The van der Waals surface area contributed by atoms with Crippen molar-refractivity contribution in [2.45, 2.75) is 19.8 Å². The molecule has 0 aromatic rings. The van der Waals surface area contributed by atoms with Gasteiger partial charge in [0, 0.05) is 29.8 Å². The molecule has 0 fully saturated rings. The molecule has 0 saturated heterocycles. The zero-order chi connectivity index (χ0) is 11.8. The lowest BCUT2D eigenvalue weighted by molar-refractivity contribution is 0.189. The third-order valence-corrected chi connectivity index (χ3v) is 2.18. The summed E-state index contributed by atoms with van der Waals surface area (Å²) in [5, 5.41) is 2.59. The van der Waals surface area contributed by atoms with Gasteiger partial charge in [-0.15, -0.1) is 0 Å². The van der Waals surface area contributed by atoms with Crippen LogP contribution in [0, 0.1) is 0 Å². The highest BCUT2D eigenvalue weighted by molar-refractivity contribution is 6.31. The van der Waals surface area contributed by atoms with Crippen molar-refractivity contribution in [1.82, 2.24) is 5.32 Å². The van der Waals surface area contributed by atoms with Crippen molar-refractivity contribution in [2.24, 2.45) is 0 Å². The van der Waals surface area contributed by atoms with Gasteiger partial charge in [-0.3, -0.25) is 0 Å². The molecule has 0 spiro atoms. The summed E-state index contributed by atoms with van der Waals surface area (Å²) >= 11 is 5.58. The Labute approximate surface area is 92.3 Å². The lowest BCUT2D eigenvalue weighted by Gasteiger charge is -2.01. The number of allylic oxidation sites excluding steroid dienone is 4. The van der Waals surface area contributed by atoms with Gasteiger partial charge in [0.15, 0.2) is 0 Å². The van der Waals surface area contributed by atoms with Crippen LogP contribution in [0.4, 0.5) is 13.2 Å². The summed E-state index contributed by atoms with van der Waals surface area (Å²) in [7, 11) is 1.57. The van der Waals surface area contributed by atoms with Gasteiger partial charge in [0.05, 0.1) is 0 Å². The smallest absolute Gasteiger partial charge is 0.261 e. The Morgan fingerprint density at radius 1 is 1.47 bits per heavy atom. The van der Waals surface area contributed by atoms with Crippen molar-refractivity contribution < 1.29 is 13.2 Å². The van der Waals surface area contributed by atoms with E-state index in [1.165, 1.54) is 19.1 Å². The Hall–Kier alpha value is -0.900. The maximum absolute atomic E-state index is 12.1. The standard InChI is InChI=1S/C10H13ClF3N/c1-7(10(13)14)9(11)5-3-4-8(6-12)15-2/h3,5-6,10,15H,4H2,1-2H3/b5-3?,8-6+,9-7-. The fraction of sp³-hybridized carbons (Fsp3) is 0.400. The molecule has 0 aromatic heterocycles. The summed E-state index contributed by atoms with van der Waals surface area (Å²) in [6.07, 6.45) is 0.976. The van der Waals surface area contributed by atoms with Crippen LogP contribution in [0.3, 0.4) is 0 Å². The van der Waals surface area contributed by atoms with Gasteiger partial charge in [0.2, 0.25) is 0 Å². The Morgan fingerprint density at radius 3 is 2.47 bits per heavy atom. The second kappa shape index (κ2) is 7.40. The molecule has 86 valence electrons. The Bertz CT molecular complexity index is 282. The van der Waals surface area contributed by atoms with E-state index in [9.17, 15) is 13.2 Å². The van der Waals surface area contributed by atoms with Gasteiger partial charge in [0.1, 0.15) is 6.33 Å². The fourth-order valence-corrected chi connectivity index (χ4v) is 0.898. The molecule has 1 nitrogen and oxygen atoms in total. The minimum absolute atomic E-state index is 0.0145. The lowest BCUT2D eigenvalue weighted by atomic mass is 10.2. The van der Waals surface area contributed by atoms with Gasteiger partial charge < -0.3 is 5.32 Å². The van der Waals surface area contributed by atoms with Crippen molar-refractivity contribution in [3.8, 4) is 0 Å². The first-order chi connectivity index (χ1) is 7.02. The predicted octanol–water partition coefficient (Wildman–Crippen LogP) is 3.74. The second-order valence-electron chi connectivity index (χ2n) is 2.82. The Balaban J connectivity index is 4.36. The lowest BCUT2D eigenvalue weighted by Crippen LogP contribution is -2.03. The van der Waals surface area contributed by atoms with Crippen molar-refractivity contribution in [2.75, 3.05) is 7.05 Å². The zero-order valence-electron chi connectivity index (χ0n) is 8.53. The summed E-state index contributed by atoms with van der Waals surface area (Å²) in [4.78, 5) is 0. The van der Waals surface area contributed by atoms with E-state index in [4.69, 9.17) is 11.6 Å². The molecule has 0 heterocycles. The Morgan fingerprint density at radius 2 is 2.07 bits per heavy atom. The molecule has 15 heavy (non-hydrogen) atoms. The minimum atomic E-state index is -2.57. The largest absolute Gasteiger partial charge is 0.389 e. The third-order valence-electron chi connectivity index (χ3n) is 1.76. The van der Waals surface area contributed by atoms with Crippen LogP contribution < -0.4 is 5.32 Å². The van der Waals surface area contributed by atoms with Crippen LogP contribution in [0.25, 0.3) is 0 Å². The monoisotopic (exact) mass is 239 g/mol. The molecular weight excluding hydrogens is 227 g/mol. The fourth-order valence-electron chi connectivity index (χ4n) is 0.726. The third kappa shape index (κ3) is 5.52. The summed E-state index contributed by atoms with van der Waals surface area (Å²) < 4.78 is 36.3. The van der Waals surface area contributed by atoms with Gasteiger partial charge in [-0.1, -0.05) is 17.7 Å². The summed E-state index contributed by atoms with van der Waals surface area (Å²) in [6, 6.07) is 0. The highest BCUT2D eigenvalue weighted by atomic mass is 35.5. The molecule has 0 aliphatic carbocycles. The number of rotatable bonds is 5. The van der Waals surface area contributed by atoms with E-state index in [0.29, 0.717) is 12.0 Å². The maximum Gasteiger partial charge on any atom is 0.261 e. The van der Waals surface area contributed by atoms with Crippen LogP contribution in [0.1, 0.15) is 13.3 Å². The molecule has 0 unspecified atom stereocenters. The number of hydrogen-bond donors (Lipinski definition) is 1. The van der Waals surface area contributed by atoms with E-state index >= 15 is 0 Å². The van der Waals surface area contributed by atoms with Crippen LogP contribution >= 0.6 is 11.6 Å². The highest BCUT2D eigenvalue weighted by Crippen LogP contribution is 2.17. The minimum Gasteiger partial charge on any atom is -0.389 e. The average Bonchev–Trinajstić information content (AvgIpc) is 2.22. The molecule has 0 aliphatic rings. The number of halogens is 4. The first-order valence-electron chi connectivity index (χ1n) is 4.30. The molecular formula is C10H13ClF3N. The van der Waals surface area contributed by atoms with Crippen molar-refractivity contribution in [3.05, 3.63) is 34.8 Å². The summed E-state index contributed by atoms with van der Waals surface area (Å²) in [6.45, 7) is 1.25.